The van der Waals surface area contributed by atoms with Crippen LogP contribution in [0.15, 0.2) is 28.7 Å². The normalized spacial score (nSPS) is 33.4. The van der Waals surface area contributed by atoms with Crippen molar-refractivity contribution < 1.29 is 0 Å². The lowest BCUT2D eigenvalue weighted by atomic mass is 9.98. The summed E-state index contributed by atoms with van der Waals surface area (Å²) in [6.07, 6.45) is 1.12. The fraction of sp³-hybridized carbons (Fsp3) is 0.400. The molecule has 0 aliphatic heterocycles. The average Bonchev–Trinajstić information content (AvgIpc) is 2.62. The fourth-order valence-corrected chi connectivity index (χ4v) is 1.82. The first-order valence-corrected chi connectivity index (χ1v) is 4.94. The van der Waals surface area contributed by atoms with Gasteiger partial charge in [-0.15, -0.1) is 0 Å². The molecule has 0 bridgehead atoms. The van der Waals surface area contributed by atoms with Gasteiger partial charge in [0.15, 0.2) is 0 Å². The highest BCUT2D eigenvalue weighted by atomic mass is 79.9. The number of hydrogen-bond donors (Lipinski definition) is 1. The van der Waals surface area contributed by atoms with Crippen molar-refractivity contribution in [2.45, 2.75) is 24.8 Å². The first-order valence-electron chi connectivity index (χ1n) is 4.14. The molecular formula is C10H12BrN. The summed E-state index contributed by atoms with van der Waals surface area (Å²) < 4.78 is 1.13. The number of nitrogens with two attached hydrogens (primary N) is 1. The van der Waals surface area contributed by atoms with E-state index >= 15 is 0 Å². The van der Waals surface area contributed by atoms with Crippen molar-refractivity contribution in [1.82, 2.24) is 0 Å². The van der Waals surface area contributed by atoms with Gasteiger partial charge in [-0.25, -0.2) is 0 Å². The maximum Gasteiger partial charge on any atom is 0.0175 e. The van der Waals surface area contributed by atoms with Gasteiger partial charge in [-0.05, 0) is 24.1 Å². The van der Waals surface area contributed by atoms with E-state index in [4.69, 9.17) is 5.73 Å². The van der Waals surface area contributed by atoms with E-state index in [1.807, 2.05) is 0 Å². The largest absolute Gasteiger partial charge is 0.327 e. The Morgan fingerprint density at radius 2 is 1.92 bits per heavy atom. The zero-order valence-electron chi connectivity index (χ0n) is 7.05. The molecule has 2 atom stereocenters. The monoisotopic (exact) mass is 225 g/mol. The smallest absolute Gasteiger partial charge is 0.0175 e. The van der Waals surface area contributed by atoms with Gasteiger partial charge in [0, 0.05) is 15.9 Å². The van der Waals surface area contributed by atoms with Crippen LogP contribution in [-0.4, -0.2) is 6.04 Å². The van der Waals surface area contributed by atoms with E-state index in [1.165, 1.54) is 5.56 Å². The first kappa shape index (κ1) is 8.27. The lowest BCUT2D eigenvalue weighted by molar-refractivity contribution is 0.741. The lowest BCUT2D eigenvalue weighted by Gasteiger charge is -2.09. The zero-order chi connectivity index (χ0) is 8.77. The Kier molecular flexibility index (Phi) is 1.77. The van der Waals surface area contributed by atoms with Crippen LogP contribution < -0.4 is 5.73 Å². The van der Waals surface area contributed by atoms with E-state index in [2.05, 4.69) is 47.1 Å². The first-order chi connectivity index (χ1) is 5.63. The lowest BCUT2D eigenvalue weighted by Crippen LogP contribution is -2.14. The van der Waals surface area contributed by atoms with Crippen LogP contribution in [0.4, 0.5) is 0 Å². The highest BCUT2D eigenvalue weighted by molar-refractivity contribution is 9.10. The van der Waals surface area contributed by atoms with Gasteiger partial charge < -0.3 is 5.73 Å². The Balaban J connectivity index is 2.31. The number of halogens is 1. The third-order valence-corrected chi connectivity index (χ3v) is 3.33. The van der Waals surface area contributed by atoms with E-state index < -0.39 is 0 Å². The second-order valence-electron chi connectivity index (χ2n) is 3.73. The summed E-state index contributed by atoms with van der Waals surface area (Å²) in [5.74, 6) is 0. The third kappa shape index (κ3) is 1.19. The Morgan fingerprint density at radius 3 is 2.33 bits per heavy atom. The Labute approximate surface area is 81.1 Å². The molecule has 1 aliphatic carbocycles. The predicted molar refractivity (Wildman–Crippen MR) is 54.1 cm³/mol. The molecule has 1 aliphatic rings. The van der Waals surface area contributed by atoms with Gasteiger partial charge in [0.2, 0.25) is 0 Å². The molecule has 0 spiro atoms. The number of benzene rings is 1. The van der Waals surface area contributed by atoms with Crippen LogP contribution in [0.5, 0.6) is 0 Å². The molecule has 2 unspecified atom stereocenters. The van der Waals surface area contributed by atoms with Crippen molar-refractivity contribution in [1.29, 1.82) is 0 Å². The molecule has 1 aromatic rings. The quantitative estimate of drug-likeness (QED) is 0.781. The minimum atomic E-state index is 0.251. The molecule has 0 saturated heterocycles. The van der Waals surface area contributed by atoms with Crippen molar-refractivity contribution >= 4 is 15.9 Å². The zero-order valence-corrected chi connectivity index (χ0v) is 8.64. The van der Waals surface area contributed by atoms with Crippen molar-refractivity contribution in [2.24, 2.45) is 5.73 Å². The standard InChI is InChI=1S/C10H12BrN/c1-10(6-9(10)12)7-2-4-8(11)5-3-7/h2-5,9H,6,12H2,1H3. The van der Waals surface area contributed by atoms with E-state index in [0.29, 0.717) is 6.04 Å². The Bertz CT molecular complexity index is 293. The van der Waals surface area contributed by atoms with Gasteiger partial charge in [0.25, 0.3) is 0 Å². The van der Waals surface area contributed by atoms with E-state index in [-0.39, 0.29) is 5.41 Å². The summed E-state index contributed by atoms with van der Waals surface area (Å²) in [5, 5.41) is 0. The number of hydrogen-bond acceptors (Lipinski definition) is 1. The maximum absolute atomic E-state index is 5.86. The fourth-order valence-electron chi connectivity index (χ4n) is 1.56. The van der Waals surface area contributed by atoms with Gasteiger partial charge in [-0.3, -0.25) is 0 Å². The summed E-state index contributed by atoms with van der Waals surface area (Å²) >= 11 is 3.42. The molecule has 1 aromatic carbocycles. The van der Waals surface area contributed by atoms with Crippen molar-refractivity contribution in [3.63, 3.8) is 0 Å². The van der Waals surface area contributed by atoms with E-state index in [9.17, 15) is 0 Å². The second kappa shape index (κ2) is 2.57. The summed E-state index contributed by atoms with van der Waals surface area (Å²) in [4.78, 5) is 0. The SMILES string of the molecule is CC1(c2ccc(Br)cc2)CC1N. The topological polar surface area (TPSA) is 26.0 Å². The summed E-state index contributed by atoms with van der Waals surface area (Å²) in [6.45, 7) is 2.22. The van der Waals surface area contributed by atoms with Crippen molar-refractivity contribution in [3.05, 3.63) is 34.3 Å². The van der Waals surface area contributed by atoms with E-state index in [0.717, 1.165) is 10.9 Å². The third-order valence-electron chi connectivity index (χ3n) is 2.81. The summed E-state index contributed by atoms with van der Waals surface area (Å²) in [6, 6.07) is 8.81. The van der Waals surface area contributed by atoms with Crippen LogP contribution in [0.25, 0.3) is 0 Å². The average molecular weight is 226 g/mol. The highest BCUT2D eigenvalue weighted by Crippen LogP contribution is 2.46. The highest BCUT2D eigenvalue weighted by Gasteiger charge is 2.48. The summed E-state index contributed by atoms with van der Waals surface area (Å²) in [7, 11) is 0. The van der Waals surface area contributed by atoms with Crippen LogP contribution in [0.2, 0.25) is 0 Å². The van der Waals surface area contributed by atoms with Crippen molar-refractivity contribution in [3.8, 4) is 0 Å². The molecule has 2 heteroatoms. The molecular weight excluding hydrogens is 214 g/mol. The summed E-state index contributed by atoms with van der Waals surface area (Å²) in [5.41, 5.74) is 7.47. The molecule has 0 aromatic heterocycles. The van der Waals surface area contributed by atoms with Crippen LogP contribution in [0, 0.1) is 0 Å². The van der Waals surface area contributed by atoms with Crippen LogP contribution >= 0.6 is 15.9 Å². The maximum atomic E-state index is 5.86. The van der Waals surface area contributed by atoms with Crippen molar-refractivity contribution in [2.75, 3.05) is 0 Å². The van der Waals surface area contributed by atoms with Gasteiger partial charge >= 0.3 is 0 Å². The van der Waals surface area contributed by atoms with Crippen LogP contribution in [0.1, 0.15) is 18.9 Å². The number of rotatable bonds is 1. The van der Waals surface area contributed by atoms with E-state index in [1.54, 1.807) is 0 Å². The molecule has 64 valence electrons. The minimum absolute atomic E-state index is 0.251. The molecule has 2 N–H and O–H groups in total. The van der Waals surface area contributed by atoms with Gasteiger partial charge in [0.05, 0.1) is 0 Å². The second-order valence-corrected chi connectivity index (χ2v) is 4.65. The van der Waals surface area contributed by atoms with Crippen LogP contribution in [-0.2, 0) is 5.41 Å². The molecule has 0 heterocycles. The molecule has 0 amide bonds. The molecule has 1 nitrogen and oxygen atoms in total. The molecule has 1 fully saturated rings. The van der Waals surface area contributed by atoms with Gasteiger partial charge in [-0.2, -0.15) is 0 Å². The molecule has 0 radical (unpaired) electrons. The Hall–Kier alpha value is -0.340. The van der Waals surface area contributed by atoms with Gasteiger partial charge in [-0.1, -0.05) is 35.0 Å². The Morgan fingerprint density at radius 1 is 1.42 bits per heavy atom. The van der Waals surface area contributed by atoms with Gasteiger partial charge in [0.1, 0.15) is 0 Å². The predicted octanol–water partition coefficient (Wildman–Crippen LogP) is 2.44. The minimum Gasteiger partial charge on any atom is -0.327 e. The molecule has 2 rings (SSSR count). The molecule has 12 heavy (non-hydrogen) atoms. The molecule has 1 saturated carbocycles. The van der Waals surface area contributed by atoms with Crippen LogP contribution in [0.3, 0.4) is 0 Å².